The van der Waals surface area contributed by atoms with E-state index in [1.807, 2.05) is 6.92 Å². The molecule has 1 heterocycles. The highest BCUT2D eigenvalue weighted by molar-refractivity contribution is 6.30. The van der Waals surface area contributed by atoms with E-state index < -0.39 is 18.0 Å². The average Bonchev–Trinajstić information content (AvgIpc) is 2.93. The van der Waals surface area contributed by atoms with Crippen molar-refractivity contribution >= 4 is 17.6 Å². The standard InChI is InChI=1S/C15H20ClFN2O3/c1-15(5-2-6-22-15)9-19-14(21)18-8-13(20)10-3-4-11(16)12(17)7-10/h3-4,7,13,20H,2,5-6,8-9H2,1H3,(H2,18,19,21). The van der Waals surface area contributed by atoms with Gasteiger partial charge in [0.05, 0.1) is 16.7 Å². The SMILES string of the molecule is CC1(CNC(=O)NCC(O)c2ccc(Cl)c(F)c2)CCCO1. The molecule has 1 aliphatic heterocycles. The Hall–Kier alpha value is -1.37. The molecule has 2 amide bonds. The smallest absolute Gasteiger partial charge is 0.314 e. The van der Waals surface area contributed by atoms with E-state index in [9.17, 15) is 14.3 Å². The normalized spacial score (nSPS) is 22.4. The van der Waals surface area contributed by atoms with Crippen molar-refractivity contribution in [2.45, 2.75) is 31.5 Å². The Bertz CT molecular complexity index is 536. The van der Waals surface area contributed by atoms with Gasteiger partial charge < -0.3 is 20.5 Å². The molecule has 2 rings (SSSR count). The van der Waals surface area contributed by atoms with E-state index in [4.69, 9.17) is 16.3 Å². The van der Waals surface area contributed by atoms with Crippen molar-refractivity contribution in [1.29, 1.82) is 0 Å². The summed E-state index contributed by atoms with van der Waals surface area (Å²) >= 11 is 5.58. The molecule has 0 spiro atoms. The quantitative estimate of drug-likeness (QED) is 0.776. The highest BCUT2D eigenvalue weighted by Crippen LogP contribution is 2.24. The Labute approximate surface area is 133 Å². The molecule has 0 aliphatic carbocycles. The van der Waals surface area contributed by atoms with E-state index in [1.54, 1.807) is 0 Å². The lowest BCUT2D eigenvalue weighted by Gasteiger charge is -2.23. The fourth-order valence-corrected chi connectivity index (χ4v) is 2.45. The van der Waals surface area contributed by atoms with Gasteiger partial charge >= 0.3 is 6.03 Å². The predicted octanol–water partition coefficient (Wildman–Crippen LogP) is 2.38. The summed E-state index contributed by atoms with van der Waals surface area (Å²) in [5.74, 6) is -0.603. The first-order chi connectivity index (χ1) is 10.4. The van der Waals surface area contributed by atoms with Gasteiger partial charge in [-0.1, -0.05) is 17.7 Å². The van der Waals surface area contributed by atoms with Gasteiger partial charge in [-0.3, -0.25) is 0 Å². The lowest BCUT2D eigenvalue weighted by atomic mass is 10.0. The van der Waals surface area contributed by atoms with Gasteiger partial charge in [0.25, 0.3) is 0 Å². The molecule has 122 valence electrons. The fraction of sp³-hybridized carbons (Fsp3) is 0.533. The van der Waals surface area contributed by atoms with Crippen molar-refractivity contribution in [2.24, 2.45) is 0 Å². The summed E-state index contributed by atoms with van der Waals surface area (Å²) in [6.07, 6.45) is 0.886. The molecule has 0 aromatic heterocycles. The number of hydrogen-bond donors (Lipinski definition) is 3. The minimum absolute atomic E-state index is 0.00791. The van der Waals surface area contributed by atoms with E-state index in [2.05, 4.69) is 10.6 Å². The van der Waals surface area contributed by atoms with Crippen molar-refractivity contribution in [3.63, 3.8) is 0 Å². The summed E-state index contributed by atoms with van der Waals surface area (Å²) in [5, 5.41) is 15.2. The van der Waals surface area contributed by atoms with Crippen LogP contribution in [0.1, 0.15) is 31.4 Å². The van der Waals surface area contributed by atoms with Crippen molar-refractivity contribution in [3.05, 3.63) is 34.6 Å². The number of carbonyl (C=O) groups excluding carboxylic acids is 1. The second-order valence-corrected chi connectivity index (χ2v) is 6.06. The third-order valence-electron chi connectivity index (χ3n) is 3.71. The summed E-state index contributed by atoms with van der Waals surface area (Å²) < 4.78 is 18.9. The molecule has 2 atom stereocenters. The van der Waals surface area contributed by atoms with Crippen LogP contribution in [0.4, 0.5) is 9.18 Å². The highest BCUT2D eigenvalue weighted by atomic mass is 35.5. The van der Waals surface area contributed by atoms with Crippen LogP contribution in [0.15, 0.2) is 18.2 Å². The van der Waals surface area contributed by atoms with Crippen LogP contribution in [-0.4, -0.2) is 36.4 Å². The van der Waals surface area contributed by atoms with Gasteiger partial charge in [-0.2, -0.15) is 0 Å². The molecule has 1 saturated heterocycles. The number of urea groups is 1. The maximum absolute atomic E-state index is 13.3. The largest absolute Gasteiger partial charge is 0.387 e. The summed E-state index contributed by atoms with van der Waals surface area (Å²) in [7, 11) is 0. The Morgan fingerprint density at radius 3 is 2.95 bits per heavy atom. The lowest BCUT2D eigenvalue weighted by molar-refractivity contribution is 0.0228. The number of amides is 2. The molecule has 0 bridgehead atoms. The molecule has 2 unspecified atom stereocenters. The van der Waals surface area contributed by atoms with Crippen molar-refractivity contribution in [3.8, 4) is 0 Å². The number of hydrogen-bond acceptors (Lipinski definition) is 3. The van der Waals surface area contributed by atoms with Gasteiger partial charge in [-0.15, -0.1) is 0 Å². The van der Waals surface area contributed by atoms with E-state index in [-0.39, 0.29) is 17.2 Å². The topological polar surface area (TPSA) is 70.6 Å². The lowest BCUT2D eigenvalue weighted by Crippen LogP contribution is -2.45. The molecule has 7 heteroatoms. The van der Waals surface area contributed by atoms with Crippen molar-refractivity contribution in [1.82, 2.24) is 10.6 Å². The number of benzene rings is 1. The molecule has 1 aromatic carbocycles. The summed E-state index contributed by atoms with van der Waals surface area (Å²) in [5.41, 5.74) is 0.0308. The molecule has 1 fully saturated rings. The van der Waals surface area contributed by atoms with E-state index >= 15 is 0 Å². The maximum atomic E-state index is 13.3. The van der Waals surface area contributed by atoms with Crippen molar-refractivity contribution < 1.29 is 19.0 Å². The van der Waals surface area contributed by atoms with E-state index in [0.29, 0.717) is 18.7 Å². The first-order valence-electron chi connectivity index (χ1n) is 7.18. The van der Waals surface area contributed by atoms with Gasteiger partial charge in [0.15, 0.2) is 0 Å². The molecule has 0 radical (unpaired) electrons. The molecular formula is C15H20ClFN2O3. The molecule has 22 heavy (non-hydrogen) atoms. The number of halogens is 2. The Kier molecular flexibility index (Phi) is 5.61. The van der Waals surface area contributed by atoms with Crippen LogP contribution in [0.5, 0.6) is 0 Å². The van der Waals surface area contributed by atoms with Crippen LogP contribution < -0.4 is 10.6 Å². The third kappa shape index (κ3) is 4.56. The number of aliphatic hydroxyl groups is 1. The third-order valence-corrected chi connectivity index (χ3v) is 4.01. The zero-order valence-corrected chi connectivity index (χ0v) is 13.1. The number of aliphatic hydroxyl groups excluding tert-OH is 1. The second kappa shape index (κ2) is 7.26. The van der Waals surface area contributed by atoms with Gasteiger partial charge in [0.1, 0.15) is 5.82 Å². The van der Waals surface area contributed by atoms with E-state index in [1.165, 1.54) is 12.1 Å². The second-order valence-electron chi connectivity index (χ2n) is 5.65. The average molecular weight is 331 g/mol. The zero-order chi connectivity index (χ0) is 16.2. The van der Waals surface area contributed by atoms with Crippen LogP contribution in [0, 0.1) is 5.82 Å². The van der Waals surface area contributed by atoms with Crippen molar-refractivity contribution in [2.75, 3.05) is 19.7 Å². The van der Waals surface area contributed by atoms with Crippen LogP contribution in [0.3, 0.4) is 0 Å². The number of carbonyl (C=O) groups is 1. The van der Waals surface area contributed by atoms with Crippen LogP contribution >= 0.6 is 11.6 Å². The molecule has 1 aromatic rings. The number of ether oxygens (including phenoxy) is 1. The summed E-state index contributed by atoms with van der Waals surface area (Å²) in [6.45, 7) is 3.04. The first kappa shape index (κ1) is 17.0. The monoisotopic (exact) mass is 330 g/mol. The molecular weight excluding hydrogens is 311 g/mol. The van der Waals surface area contributed by atoms with E-state index in [0.717, 1.165) is 18.9 Å². The number of nitrogens with one attached hydrogen (secondary N) is 2. The predicted molar refractivity (Wildman–Crippen MR) is 81.4 cm³/mol. The Morgan fingerprint density at radius 1 is 1.55 bits per heavy atom. The Morgan fingerprint density at radius 2 is 2.32 bits per heavy atom. The number of rotatable bonds is 5. The minimum atomic E-state index is -1.00. The van der Waals surface area contributed by atoms with Gasteiger partial charge in [0.2, 0.25) is 0 Å². The molecule has 0 saturated carbocycles. The van der Waals surface area contributed by atoms with Crippen LogP contribution in [-0.2, 0) is 4.74 Å². The minimum Gasteiger partial charge on any atom is -0.387 e. The van der Waals surface area contributed by atoms with Crippen LogP contribution in [0.2, 0.25) is 5.02 Å². The van der Waals surface area contributed by atoms with Crippen LogP contribution in [0.25, 0.3) is 0 Å². The van der Waals surface area contributed by atoms with Gasteiger partial charge in [0, 0.05) is 19.7 Å². The first-order valence-corrected chi connectivity index (χ1v) is 7.56. The summed E-state index contributed by atoms with van der Waals surface area (Å²) in [6, 6.07) is 3.64. The van der Waals surface area contributed by atoms with Gasteiger partial charge in [-0.25, -0.2) is 9.18 Å². The van der Waals surface area contributed by atoms with Gasteiger partial charge in [-0.05, 0) is 37.5 Å². The fourth-order valence-electron chi connectivity index (χ4n) is 2.33. The molecule has 1 aliphatic rings. The molecule has 3 N–H and O–H groups in total. The zero-order valence-electron chi connectivity index (χ0n) is 12.4. The maximum Gasteiger partial charge on any atom is 0.314 e. The summed E-state index contributed by atoms with van der Waals surface area (Å²) in [4.78, 5) is 11.7. The highest BCUT2D eigenvalue weighted by Gasteiger charge is 2.30. The Balaban J connectivity index is 1.76. The molecule has 5 nitrogen and oxygen atoms in total.